The van der Waals surface area contributed by atoms with Crippen LogP contribution in [0.15, 0.2) is 78.9 Å². The first-order chi connectivity index (χ1) is 14.1. The molecule has 1 atom stereocenters. The number of amides is 1. The van der Waals surface area contributed by atoms with E-state index >= 15 is 0 Å². The molecule has 29 heavy (non-hydrogen) atoms. The third-order valence-electron chi connectivity index (χ3n) is 4.09. The van der Waals surface area contributed by atoms with Gasteiger partial charge in [-0.15, -0.1) is 0 Å². The van der Waals surface area contributed by atoms with Gasteiger partial charge in [-0.3, -0.25) is 4.79 Å². The molecule has 1 amide bonds. The summed E-state index contributed by atoms with van der Waals surface area (Å²) in [4.78, 5) is 25.6. The Morgan fingerprint density at radius 1 is 0.966 bits per heavy atom. The Labute approximate surface area is 168 Å². The minimum Gasteiger partial charge on any atom is -0.508 e. The summed E-state index contributed by atoms with van der Waals surface area (Å²) < 4.78 is 11.0. The van der Waals surface area contributed by atoms with Crippen LogP contribution < -0.4 is 10.1 Å². The van der Waals surface area contributed by atoms with Crippen molar-refractivity contribution in [3.05, 3.63) is 90.0 Å². The van der Waals surface area contributed by atoms with Crippen molar-refractivity contribution in [1.82, 2.24) is 0 Å². The minimum atomic E-state index is -1.18. The second-order valence-electron chi connectivity index (χ2n) is 6.16. The van der Waals surface area contributed by atoms with E-state index in [2.05, 4.69) is 5.32 Å². The Hall–Kier alpha value is -3.80. The van der Waals surface area contributed by atoms with Crippen LogP contribution in [0, 0.1) is 0 Å². The number of anilines is 1. The van der Waals surface area contributed by atoms with Crippen molar-refractivity contribution in [1.29, 1.82) is 0 Å². The van der Waals surface area contributed by atoms with Gasteiger partial charge in [-0.25, -0.2) is 4.79 Å². The van der Waals surface area contributed by atoms with E-state index in [1.807, 2.05) is 6.92 Å². The summed E-state index contributed by atoms with van der Waals surface area (Å²) in [5.41, 5.74) is 1.15. The molecule has 3 aromatic rings. The molecule has 0 spiro atoms. The highest BCUT2D eigenvalue weighted by Crippen LogP contribution is 2.27. The maximum absolute atomic E-state index is 13.0. The third kappa shape index (κ3) is 5.13. The first-order valence-corrected chi connectivity index (χ1v) is 9.16. The van der Waals surface area contributed by atoms with E-state index in [0.717, 1.165) is 0 Å². The molecule has 0 radical (unpaired) electrons. The lowest BCUT2D eigenvalue weighted by molar-refractivity contribution is -0.125. The number of ether oxygens (including phenoxy) is 2. The van der Waals surface area contributed by atoms with Gasteiger partial charge in [0.2, 0.25) is 6.10 Å². The first-order valence-electron chi connectivity index (χ1n) is 9.16. The van der Waals surface area contributed by atoms with Gasteiger partial charge in [0.05, 0.1) is 17.9 Å². The van der Waals surface area contributed by atoms with Crippen molar-refractivity contribution in [2.24, 2.45) is 0 Å². The number of rotatable bonds is 7. The number of hydrogen-bond acceptors (Lipinski definition) is 5. The Bertz CT molecular complexity index is 987. The van der Waals surface area contributed by atoms with Crippen LogP contribution in [0.4, 0.5) is 5.69 Å². The fourth-order valence-corrected chi connectivity index (χ4v) is 2.76. The number of phenolic OH excluding ortho intramolecular Hbond substituents is 1. The number of hydrogen-bond donors (Lipinski definition) is 2. The van der Waals surface area contributed by atoms with Gasteiger partial charge in [0, 0.05) is 5.56 Å². The van der Waals surface area contributed by atoms with Crippen LogP contribution in [0.3, 0.4) is 0 Å². The molecule has 0 bridgehead atoms. The van der Waals surface area contributed by atoms with Crippen LogP contribution in [0.5, 0.6) is 11.5 Å². The van der Waals surface area contributed by atoms with Crippen LogP contribution >= 0.6 is 0 Å². The predicted molar refractivity (Wildman–Crippen MR) is 109 cm³/mol. The molecule has 6 heteroatoms. The van der Waals surface area contributed by atoms with Crippen molar-refractivity contribution < 1.29 is 24.2 Å². The topological polar surface area (TPSA) is 84.9 Å². The molecule has 0 aliphatic heterocycles. The fraction of sp³-hybridized carbons (Fsp3) is 0.130. The summed E-state index contributed by atoms with van der Waals surface area (Å²) in [5.74, 6) is -0.778. The number of nitrogens with one attached hydrogen (secondary N) is 1. The molecule has 0 heterocycles. The van der Waals surface area contributed by atoms with E-state index in [9.17, 15) is 14.7 Å². The Morgan fingerprint density at radius 2 is 1.69 bits per heavy atom. The molecule has 1 unspecified atom stereocenters. The van der Waals surface area contributed by atoms with Crippen molar-refractivity contribution in [2.75, 3.05) is 11.9 Å². The summed E-state index contributed by atoms with van der Waals surface area (Å²) in [7, 11) is 0. The average Bonchev–Trinajstić information content (AvgIpc) is 2.74. The lowest BCUT2D eigenvalue weighted by Gasteiger charge is -2.19. The van der Waals surface area contributed by atoms with Crippen molar-refractivity contribution in [3.8, 4) is 11.5 Å². The zero-order chi connectivity index (χ0) is 20.6. The molecule has 0 saturated heterocycles. The number of esters is 1. The van der Waals surface area contributed by atoms with Gasteiger partial charge in [0.15, 0.2) is 0 Å². The second-order valence-corrected chi connectivity index (χ2v) is 6.16. The molecule has 0 aromatic heterocycles. The van der Waals surface area contributed by atoms with Gasteiger partial charge in [-0.2, -0.15) is 0 Å². The maximum Gasteiger partial charge on any atom is 0.339 e. The summed E-state index contributed by atoms with van der Waals surface area (Å²) in [6.07, 6.45) is -1.18. The minimum absolute atomic E-state index is 0.0641. The third-order valence-corrected chi connectivity index (χ3v) is 4.09. The van der Waals surface area contributed by atoms with E-state index in [4.69, 9.17) is 9.47 Å². The zero-order valence-electron chi connectivity index (χ0n) is 15.9. The molecule has 0 saturated carbocycles. The van der Waals surface area contributed by atoms with Crippen molar-refractivity contribution >= 4 is 17.6 Å². The summed E-state index contributed by atoms with van der Waals surface area (Å²) in [6, 6.07) is 21.5. The number of benzene rings is 3. The number of aromatic hydroxyl groups is 1. The summed E-state index contributed by atoms with van der Waals surface area (Å²) in [5, 5.41) is 12.4. The zero-order valence-corrected chi connectivity index (χ0v) is 15.9. The Morgan fingerprint density at radius 3 is 2.41 bits per heavy atom. The molecule has 3 rings (SSSR count). The number of phenols is 1. The molecular weight excluding hydrogens is 370 g/mol. The Kier molecular flexibility index (Phi) is 6.47. The van der Waals surface area contributed by atoms with E-state index in [1.54, 1.807) is 54.6 Å². The maximum atomic E-state index is 13.0. The largest absolute Gasteiger partial charge is 0.508 e. The van der Waals surface area contributed by atoms with Crippen molar-refractivity contribution in [2.45, 2.75) is 13.0 Å². The van der Waals surface area contributed by atoms with Crippen LogP contribution in [-0.4, -0.2) is 23.6 Å². The normalized spacial score (nSPS) is 11.3. The molecule has 0 aliphatic carbocycles. The summed E-state index contributed by atoms with van der Waals surface area (Å²) in [6.45, 7) is 2.30. The molecule has 0 fully saturated rings. The lowest BCUT2D eigenvalue weighted by atomic mass is 10.1. The van der Waals surface area contributed by atoms with Crippen molar-refractivity contribution in [3.63, 3.8) is 0 Å². The number of carbonyl (C=O) groups is 2. The smallest absolute Gasteiger partial charge is 0.339 e. The standard InChI is InChI=1S/C23H21NO5/c1-2-28-20-14-7-6-13-19(20)24-22(26)21(16-9-4-3-5-10-16)29-23(27)17-11-8-12-18(25)15-17/h3-15,21,25H,2H2,1H3,(H,24,26). The van der Waals surface area contributed by atoms with Crippen LogP contribution in [0.1, 0.15) is 28.9 Å². The first kappa shape index (κ1) is 19.9. The number of para-hydroxylation sites is 2. The highest BCUT2D eigenvalue weighted by Gasteiger charge is 2.26. The van der Waals surface area contributed by atoms with Gasteiger partial charge >= 0.3 is 5.97 Å². The van der Waals surface area contributed by atoms with E-state index < -0.39 is 18.0 Å². The predicted octanol–water partition coefficient (Wildman–Crippen LogP) is 4.33. The van der Waals surface area contributed by atoms with Crippen LogP contribution in [-0.2, 0) is 9.53 Å². The second kappa shape index (κ2) is 9.41. The van der Waals surface area contributed by atoms with E-state index in [1.165, 1.54) is 24.3 Å². The molecule has 6 nitrogen and oxygen atoms in total. The van der Waals surface area contributed by atoms with Gasteiger partial charge in [-0.05, 0) is 37.3 Å². The molecule has 0 aliphatic rings. The monoisotopic (exact) mass is 391 g/mol. The van der Waals surface area contributed by atoms with Gasteiger partial charge < -0.3 is 19.9 Å². The van der Waals surface area contributed by atoms with Gasteiger partial charge in [0.25, 0.3) is 5.91 Å². The quantitative estimate of drug-likeness (QED) is 0.586. The van der Waals surface area contributed by atoms with Crippen LogP contribution in [0.25, 0.3) is 0 Å². The highest BCUT2D eigenvalue weighted by molar-refractivity contribution is 5.99. The average molecular weight is 391 g/mol. The molecule has 148 valence electrons. The Balaban J connectivity index is 1.86. The highest BCUT2D eigenvalue weighted by atomic mass is 16.5. The van der Waals surface area contributed by atoms with E-state index in [-0.39, 0.29) is 11.3 Å². The van der Waals surface area contributed by atoms with Gasteiger partial charge in [0.1, 0.15) is 11.5 Å². The fourth-order valence-electron chi connectivity index (χ4n) is 2.76. The number of carbonyl (C=O) groups excluding carboxylic acids is 2. The van der Waals surface area contributed by atoms with Crippen LogP contribution in [0.2, 0.25) is 0 Å². The molecule has 2 N–H and O–H groups in total. The molecular formula is C23H21NO5. The lowest BCUT2D eigenvalue weighted by Crippen LogP contribution is -2.26. The van der Waals surface area contributed by atoms with E-state index in [0.29, 0.717) is 23.6 Å². The summed E-state index contributed by atoms with van der Waals surface area (Å²) >= 11 is 0. The SMILES string of the molecule is CCOc1ccccc1NC(=O)C(OC(=O)c1cccc(O)c1)c1ccccc1. The molecule has 3 aromatic carbocycles. The van der Waals surface area contributed by atoms with Gasteiger partial charge in [-0.1, -0.05) is 48.5 Å².